The molecular weight excluding hydrogens is 240 g/mol. The van der Waals surface area contributed by atoms with Gasteiger partial charge >= 0.3 is 0 Å². The van der Waals surface area contributed by atoms with E-state index in [0.29, 0.717) is 6.42 Å². The largest absolute Gasteiger partial charge is 0.396 e. The van der Waals surface area contributed by atoms with Crippen LogP contribution in [0, 0.1) is 0 Å². The lowest BCUT2D eigenvalue weighted by molar-refractivity contribution is 0.277. The third-order valence-corrected chi connectivity index (χ3v) is 0.462. The van der Waals surface area contributed by atoms with Gasteiger partial charge in [0.15, 0.2) is 0 Å². The van der Waals surface area contributed by atoms with E-state index in [9.17, 15) is 0 Å². The molecule has 0 aliphatic rings. The highest BCUT2D eigenvalue weighted by Gasteiger charge is 1.86. The van der Waals surface area contributed by atoms with Crippen molar-refractivity contribution in [1.29, 1.82) is 0 Å². The Morgan fingerprint density at radius 3 is 1.62 bits per heavy atom. The second kappa shape index (κ2) is 10.8. The molecule has 0 heterocycles. The Hall–Kier alpha value is 0.840. The van der Waals surface area contributed by atoms with Crippen LogP contribution in [-0.2, 0) is 0 Å². The van der Waals surface area contributed by atoms with Gasteiger partial charge in [-0.2, -0.15) is 0 Å². The van der Waals surface area contributed by atoms with Gasteiger partial charge in [-0.15, -0.1) is 34.0 Å². The van der Waals surface area contributed by atoms with Crippen molar-refractivity contribution in [2.75, 3.05) is 6.61 Å². The van der Waals surface area contributed by atoms with Gasteiger partial charge < -0.3 is 16.6 Å². The summed E-state index contributed by atoms with van der Waals surface area (Å²) >= 11 is 0. The minimum Gasteiger partial charge on any atom is -0.396 e. The molecule has 0 aliphatic heterocycles. The van der Waals surface area contributed by atoms with Crippen LogP contribution < -0.4 is 11.5 Å². The van der Waals surface area contributed by atoms with Crippen molar-refractivity contribution in [1.82, 2.24) is 0 Å². The summed E-state index contributed by atoms with van der Waals surface area (Å²) in [6.45, 7) is 0.0810. The van der Waals surface area contributed by atoms with E-state index in [2.05, 4.69) is 0 Å². The standard InChI is InChI=1S/C3H10N2O.2BrH/c4-3(5)1-2-6;;/h3,6H,1-2,4-5H2;2*1H. The van der Waals surface area contributed by atoms with Crippen molar-refractivity contribution in [3.8, 4) is 0 Å². The van der Waals surface area contributed by atoms with Crippen LogP contribution in [0.4, 0.5) is 0 Å². The third kappa shape index (κ3) is 15.8. The number of rotatable bonds is 2. The maximum Gasteiger partial charge on any atom is 0.0543 e. The van der Waals surface area contributed by atoms with Gasteiger partial charge in [0.2, 0.25) is 0 Å². The normalized spacial score (nSPS) is 7.50. The molecule has 5 N–H and O–H groups in total. The molecule has 0 saturated heterocycles. The zero-order valence-corrected chi connectivity index (χ0v) is 7.84. The molecular formula is C3H12Br2N2O. The van der Waals surface area contributed by atoms with Crippen LogP contribution in [0.25, 0.3) is 0 Å². The number of hydrogen-bond donors (Lipinski definition) is 3. The zero-order valence-electron chi connectivity index (χ0n) is 4.41. The Morgan fingerprint density at radius 2 is 1.62 bits per heavy atom. The molecule has 54 valence electrons. The maximum absolute atomic E-state index is 8.08. The molecule has 0 fully saturated rings. The van der Waals surface area contributed by atoms with Crippen LogP contribution >= 0.6 is 34.0 Å². The number of aliphatic hydroxyl groups excluding tert-OH is 1. The van der Waals surface area contributed by atoms with Crippen molar-refractivity contribution >= 4 is 34.0 Å². The highest BCUT2D eigenvalue weighted by molar-refractivity contribution is 8.93. The van der Waals surface area contributed by atoms with Gasteiger partial charge in [-0.05, 0) is 6.42 Å². The van der Waals surface area contributed by atoms with Gasteiger partial charge in [0.05, 0.1) is 6.17 Å². The minimum atomic E-state index is -0.352. The van der Waals surface area contributed by atoms with Gasteiger partial charge in [-0.3, -0.25) is 0 Å². The van der Waals surface area contributed by atoms with Crippen LogP contribution in [-0.4, -0.2) is 17.9 Å². The highest BCUT2D eigenvalue weighted by Crippen LogP contribution is 1.71. The molecule has 0 bridgehead atoms. The fourth-order valence-electron chi connectivity index (χ4n) is 0.149. The Morgan fingerprint density at radius 1 is 1.25 bits per heavy atom. The molecule has 0 rings (SSSR count). The van der Waals surface area contributed by atoms with E-state index in [-0.39, 0.29) is 46.7 Å². The van der Waals surface area contributed by atoms with Crippen LogP contribution in [0.5, 0.6) is 0 Å². The second-order valence-corrected chi connectivity index (χ2v) is 1.18. The number of nitrogens with two attached hydrogens (primary N) is 2. The monoisotopic (exact) mass is 250 g/mol. The topological polar surface area (TPSA) is 72.3 Å². The average Bonchev–Trinajstić information content (AvgIpc) is 1.35. The van der Waals surface area contributed by atoms with Gasteiger partial charge in [-0.1, -0.05) is 0 Å². The zero-order chi connectivity index (χ0) is 4.99. The van der Waals surface area contributed by atoms with Crippen LogP contribution in [0.3, 0.4) is 0 Å². The Labute approximate surface area is 70.0 Å². The molecule has 0 aliphatic carbocycles. The predicted molar refractivity (Wildman–Crippen MR) is 44.5 cm³/mol. The Bertz CT molecular complexity index is 36.5. The van der Waals surface area contributed by atoms with E-state index in [1.807, 2.05) is 0 Å². The van der Waals surface area contributed by atoms with E-state index in [4.69, 9.17) is 16.6 Å². The molecule has 0 saturated carbocycles. The number of hydrogen-bond acceptors (Lipinski definition) is 3. The van der Waals surface area contributed by atoms with Crippen molar-refractivity contribution < 1.29 is 5.11 Å². The average molecular weight is 252 g/mol. The molecule has 8 heavy (non-hydrogen) atoms. The fourth-order valence-corrected chi connectivity index (χ4v) is 0.149. The maximum atomic E-state index is 8.08. The van der Waals surface area contributed by atoms with Gasteiger partial charge in [0.1, 0.15) is 0 Å². The first-order chi connectivity index (χ1) is 2.77. The van der Waals surface area contributed by atoms with E-state index in [1.54, 1.807) is 0 Å². The lowest BCUT2D eigenvalue weighted by Crippen LogP contribution is -2.30. The van der Waals surface area contributed by atoms with Crippen molar-refractivity contribution in [3.63, 3.8) is 0 Å². The molecule has 5 heteroatoms. The summed E-state index contributed by atoms with van der Waals surface area (Å²) in [4.78, 5) is 0. The first kappa shape index (κ1) is 15.9. The van der Waals surface area contributed by atoms with Gasteiger partial charge in [-0.25, -0.2) is 0 Å². The summed E-state index contributed by atoms with van der Waals surface area (Å²) in [5.74, 6) is 0. The highest BCUT2D eigenvalue weighted by atomic mass is 79.9. The first-order valence-corrected chi connectivity index (χ1v) is 1.89. The number of halogens is 2. The second-order valence-electron chi connectivity index (χ2n) is 1.18. The summed E-state index contributed by atoms with van der Waals surface area (Å²) in [6, 6.07) is 0. The molecule has 0 aromatic rings. The van der Waals surface area contributed by atoms with Crippen LogP contribution in [0.2, 0.25) is 0 Å². The smallest absolute Gasteiger partial charge is 0.0543 e. The van der Waals surface area contributed by atoms with Crippen molar-refractivity contribution in [2.45, 2.75) is 12.6 Å². The molecule has 0 radical (unpaired) electrons. The SMILES string of the molecule is Br.Br.NC(N)CCO. The third-order valence-electron chi connectivity index (χ3n) is 0.462. The Balaban J connectivity index is -0.000000125. The quantitative estimate of drug-likeness (QED) is 0.594. The predicted octanol–water partition coefficient (Wildman–Crippen LogP) is -0.232. The molecule has 0 aromatic carbocycles. The Kier molecular flexibility index (Phi) is 21.4. The molecule has 0 unspecified atom stereocenters. The summed E-state index contributed by atoms with van der Waals surface area (Å²) in [6.07, 6.45) is 0.134. The van der Waals surface area contributed by atoms with E-state index >= 15 is 0 Å². The summed E-state index contributed by atoms with van der Waals surface area (Å²) in [7, 11) is 0. The lowest BCUT2D eigenvalue weighted by Gasteiger charge is -1.96. The van der Waals surface area contributed by atoms with E-state index < -0.39 is 0 Å². The summed E-state index contributed by atoms with van der Waals surface area (Å²) < 4.78 is 0. The van der Waals surface area contributed by atoms with Crippen molar-refractivity contribution in [3.05, 3.63) is 0 Å². The van der Waals surface area contributed by atoms with Gasteiger partial charge in [0.25, 0.3) is 0 Å². The number of aliphatic hydroxyl groups is 1. The van der Waals surface area contributed by atoms with Crippen LogP contribution in [0.15, 0.2) is 0 Å². The molecule has 3 nitrogen and oxygen atoms in total. The molecule has 0 aromatic heterocycles. The van der Waals surface area contributed by atoms with E-state index in [0.717, 1.165) is 0 Å². The minimum absolute atomic E-state index is 0. The fraction of sp³-hybridized carbons (Fsp3) is 1.00. The lowest BCUT2D eigenvalue weighted by atomic mass is 10.4. The molecule has 0 spiro atoms. The van der Waals surface area contributed by atoms with Gasteiger partial charge in [0, 0.05) is 6.61 Å². The summed E-state index contributed by atoms with van der Waals surface area (Å²) in [5, 5.41) is 8.08. The molecule has 0 amide bonds. The van der Waals surface area contributed by atoms with E-state index in [1.165, 1.54) is 0 Å². The van der Waals surface area contributed by atoms with Crippen LogP contribution in [0.1, 0.15) is 6.42 Å². The first-order valence-electron chi connectivity index (χ1n) is 1.89. The summed E-state index contributed by atoms with van der Waals surface area (Å²) in [5.41, 5.74) is 10.0. The molecule has 0 atom stereocenters. The van der Waals surface area contributed by atoms with Crippen molar-refractivity contribution in [2.24, 2.45) is 11.5 Å².